The predicted octanol–water partition coefficient (Wildman–Crippen LogP) is 5.20. The van der Waals surface area contributed by atoms with E-state index in [9.17, 15) is 5.26 Å². The van der Waals surface area contributed by atoms with Gasteiger partial charge in [-0.2, -0.15) is 5.26 Å². The molecular weight excluding hydrogens is 380 g/mol. The molecule has 0 aliphatic rings. The lowest BCUT2D eigenvalue weighted by Gasteiger charge is -2.22. The molecule has 0 fully saturated rings. The number of imidazole rings is 1. The Balaban J connectivity index is 1.81. The second kappa shape index (κ2) is 7.90. The maximum absolute atomic E-state index is 9.65. The van der Waals surface area contributed by atoms with Gasteiger partial charge in [0.05, 0.1) is 35.5 Å². The third-order valence-corrected chi connectivity index (χ3v) is 5.71. The number of methoxy groups -OCH3 is 1. The summed E-state index contributed by atoms with van der Waals surface area (Å²) < 4.78 is 7.43. The molecule has 29 heavy (non-hydrogen) atoms. The molecular formula is C23H20N4OS. The Kier molecular flexibility index (Phi) is 5.15. The molecule has 0 bridgehead atoms. The minimum absolute atomic E-state index is 0.634. The minimum Gasteiger partial charge on any atom is -0.496 e. The Bertz CT molecular complexity index is 1230. The number of nitrogens with zero attached hydrogens (tertiary/aromatic N) is 4. The summed E-state index contributed by atoms with van der Waals surface area (Å²) in [6.45, 7) is 0. The number of nitriles is 1. The second-order valence-corrected chi connectivity index (χ2v) is 7.36. The summed E-state index contributed by atoms with van der Waals surface area (Å²) in [5.74, 6) is 0.831. The third kappa shape index (κ3) is 3.41. The molecule has 0 aliphatic carbocycles. The topological polar surface area (TPSA) is 54.1 Å². The number of thioether (sulfide) groups is 1. The Hall–Kier alpha value is -3.43. The van der Waals surface area contributed by atoms with Gasteiger partial charge in [-0.15, -0.1) is 11.8 Å². The zero-order valence-electron chi connectivity index (χ0n) is 16.5. The van der Waals surface area contributed by atoms with Crippen LogP contribution in [0.5, 0.6) is 5.75 Å². The van der Waals surface area contributed by atoms with E-state index in [4.69, 9.17) is 4.74 Å². The van der Waals surface area contributed by atoms with E-state index in [1.165, 1.54) is 0 Å². The predicted molar refractivity (Wildman–Crippen MR) is 118 cm³/mol. The van der Waals surface area contributed by atoms with Crippen molar-refractivity contribution >= 4 is 28.5 Å². The van der Waals surface area contributed by atoms with E-state index in [-0.39, 0.29) is 0 Å². The molecule has 6 heteroatoms. The number of ether oxygens (including phenoxy) is 1. The first-order valence-corrected chi connectivity index (χ1v) is 10.3. The number of benzene rings is 3. The average molecular weight is 401 g/mol. The van der Waals surface area contributed by atoms with Crippen molar-refractivity contribution in [1.82, 2.24) is 9.66 Å². The monoisotopic (exact) mass is 400 g/mol. The Morgan fingerprint density at radius 2 is 1.93 bits per heavy atom. The number of hydrogen-bond donors (Lipinski definition) is 0. The number of fused-ring (bicyclic) bond motifs is 1. The van der Waals surface area contributed by atoms with Crippen LogP contribution in [0.15, 0.2) is 71.9 Å². The van der Waals surface area contributed by atoms with Crippen molar-refractivity contribution in [2.75, 3.05) is 25.4 Å². The Morgan fingerprint density at radius 3 is 2.69 bits per heavy atom. The van der Waals surface area contributed by atoms with Crippen LogP contribution in [-0.4, -0.2) is 30.1 Å². The van der Waals surface area contributed by atoms with E-state index < -0.39 is 0 Å². The molecule has 0 saturated heterocycles. The van der Waals surface area contributed by atoms with Crippen LogP contribution in [0.2, 0.25) is 0 Å². The molecule has 1 heterocycles. The molecule has 0 N–H and O–H groups in total. The van der Waals surface area contributed by atoms with Gasteiger partial charge in [0.15, 0.2) is 0 Å². The highest BCUT2D eigenvalue weighted by atomic mass is 32.2. The largest absolute Gasteiger partial charge is 0.496 e. The van der Waals surface area contributed by atoms with Crippen LogP contribution in [0.3, 0.4) is 0 Å². The normalized spacial score (nSPS) is 10.7. The molecule has 5 nitrogen and oxygen atoms in total. The van der Waals surface area contributed by atoms with E-state index in [0.29, 0.717) is 5.56 Å². The highest BCUT2D eigenvalue weighted by Crippen LogP contribution is 2.35. The molecule has 0 saturated carbocycles. The number of hydrogen-bond acceptors (Lipinski definition) is 5. The Morgan fingerprint density at radius 1 is 1.10 bits per heavy atom. The summed E-state index contributed by atoms with van der Waals surface area (Å²) >= 11 is 1.62. The first kappa shape index (κ1) is 18.9. The fourth-order valence-corrected chi connectivity index (χ4v) is 3.98. The van der Waals surface area contributed by atoms with Crippen LogP contribution < -0.4 is 9.75 Å². The summed E-state index contributed by atoms with van der Waals surface area (Å²) in [6.07, 6.45) is 3.82. The van der Waals surface area contributed by atoms with E-state index in [1.807, 2.05) is 83.9 Å². The minimum atomic E-state index is 0.634. The van der Waals surface area contributed by atoms with Gasteiger partial charge in [-0.25, -0.2) is 9.66 Å². The quantitative estimate of drug-likeness (QED) is 0.431. The van der Waals surface area contributed by atoms with Crippen molar-refractivity contribution < 1.29 is 4.74 Å². The lowest BCUT2D eigenvalue weighted by atomic mass is 9.99. The average Bonchev–Trinajstić information content (AvgIpc) is 3.21. The van der Waals surface area contributed by atoms with E-state index in [2.05, 4.69) is 17.1 Å². The molecule has 144 valence electrons. The molecule has 0 radical (unpaired) electrons. The van der Waals surface area contributed by atoms with Crippen molar-refractivity contribution in [1.29, 1.82) is 5.26 Å². The second-order valence-electron chi connectivity index (χ2n) is 6.51. The molecule has 0 amide bonds. The van der Waals surface area contributed by atoms with Crippen LogP contribution in [-0.2, 0) is 0 Å². The van der Waals surface area contributed by atoms with Gasteiger partial charge in [0.1, 0.15) is 12.1 Å². The van der Waals surface area contributed by atoms with Gasteiger partial charge in [-0.3, -0.25) is 5.01 Å². The summed E-state index contributed by atoms with van der Waals surface area (Å²) in [5, 5.41) is 11.7. The first-order chi connectivity index (χ1) is 14.2. The lowest BCUT2D eigenvalue weighted by Crippen LogP contribution is -2.23. The van der Waals surface area contributed by atoms with Crippen molar-refractivity contribution in [3.8, 4) is 22.9 Å². The SMILES string of the molecule is COc1ccc(-c2cc(N(C)n3cnc4ccccc43)ccc2C#N)cc1SC. The number of aromatic nitrogens is 2. The molecule has 4 aromatic rings. The standard InChI is InChI=1S/C23H20N4OS/c1-26(27-15-25-20-6-4-5-7-21(20)27)18-10-8-17(14-24)19(13-18)16-9-11-22(28-2)23(12-16)29-3/h4-13,15H,1-3H3. The molecule has 0 unspecified atom stereocenters. The van der Waals surface area contributed by atoms with Crippen LogP contribution in [0, 0.1) is 11.3 Å². The summed E-state index contributed by atoms with van der Waals surface area (Å²) in [4.78, 5) is 5.51. The van der Waals surface area contributed by atoms with Crippen LogP contribution >= 0.6 is 11.8 Å². The maximum atomic E-state index is 9.65. The smallest absolute Gasteiger partial charge is 0.132 e. The van der Waals surface area contributed by atoms with Crippen molar-refractivity contribution in [2.45, 2.75) is 4.90 Å². The van der Waals surface area contributed by atoms with Gasteiger partial charge in [-0.05, 0) is 54.3 Å². The molecule has 0 atom stereocenters. The van der Waals surface area contributed by atoms with E-state index in [0.717, 1.165) is 38.5 Å². The zero-order valence-corrected chi connectivity index (χ0v) is 17.3. The highest BCUT2D eigenvalue weighted by Gasteiger charge is 2.13. The van der Waals surface area contributed by atoms with Gasteiger partial charge < -0.3 is 4.74 Å². The van der Waals surface area contributed by atoms with Crippen molar-refractivity contribution in [3.05, 3.63) is 72.6 Å². The van der Waals surface area contributed by atoms with Crippen molar-refractivity contribution in [2.24, 2.45) is 0 Å². The van der Waals surface area contributed by atoms with Crippen LogP contribution in [0.25, 0.3) is 22.2 Å². The fraction of sp³-hybridized carbons (Fsp3) is 0.130. The fourth-order valence-electron chi connectivity index (χ4n) is 3.38. The van der Waals surface area contributed by atoms with Crippen molar-refractivity contribution in [3.63, 3.8) is 0 Å². The van der Waals surface area contributed by atoms with Gasteiger partial charge in [0.25, 0.3) is 0 Å². The lowest BCUT2D eigenvalue weighted by molar-refractivity contribution is 0.405. The molecule has 4 rings (SSSR count). The zero-order chi connectivity index (χ0) is 20.4. The van der Waals surface area contributed by atoms with Gasteiger partial charge in [0.2, 0.25) is 0 Å². The summed E-state index contributed by atoms with van der Waals surface area (Å²) in [6, 6.07) is 22.2. The van der Waals surface area contributed by atoms with E-state index >= 15 is 0 Å². The number of anilines is 1. The highest BCUT2D eigenvalue weighted by molar-refractivity contribution is 7.98. The molecule has 1 aromatic heterocycles. The number of para-hydroxylation sites is 2. The third-order valence-electron chi connectivity index (χ3n) is 4.95. The summed E-state index contributed by atoms with van der Waals surface area (Å²) in [7, 11) is 3.65. The van der Waals surface area contributed by atoms with Crippen LogP contribution in [0.1, 0.15) is 5.56 Å². The summed E-state index contributed by atoms with van der Waals surface area (Å²) in [5.41, 5.74) is 5.43. The number of rotatable bonds is 5. The first-order valence-electron chi connectivity index (χ1n) is 9.09. The molecule has 0 spiro atoms. The van der Waals surface area contributed by atoms with Gasteiger partial charge >= 0.3 is 0 Å². The van der Waals surface area contributed by atoms with Crippen LogP contribution in [0.4, 0.5) is 5.69 Å². The van der Waals surface area contributed by atoms with Gasteiger partial charge in [-0.1, -0.05) is 18.2 Å². The van der Waals surface area contributed by atoms with E-state index in [1.54, 1.807) is 18.9 Å². The molecule has 3 aromatic carbocycles. The maximum Gasteiger partial charge on any atom is 0.132 e. The van der Waals surface area contributed by atoms with Gasteiger partial charge in [0, 0.05) is 17.5 Å². The molecule has 0 aliphatic heterocycles. The Labute approximate surface area is 174 Å².